The summed E-state index contributed by atoms with van der Waals surface area (Å²) in [6.07, 6.45) is -0.735. The van der Waals surface area contributed by atoms with Crippen molar-refractivity contribution in [3.05, 3.63) is 24.3 Å². The summed E-state index contributed by atoms with van der Waals surface area (Å²) in [5.41, 5.74) is 6.70. The molecule has 0 aliphatic heterocycles. The van der Waals surface area contributed by atoms with Gasteiger partial charge in [0.25, 0.3) is 0 Å². The molecule has 4 N–H and O–H groups in total. The third kappa shape index (κ3) is 4.95. The molecule has 0 heterocycles. The topological polar surface area (TPSA) is 76.4 Å². The monoisotopic (exact) mass is 251 g/mol. The van der Waals surface area contributed by atoms with Crippen LogP contribution in [0, 0.1) is 0 Å². The minimum atomic E-state index is -0.504. The molecule has 0 saturated carbocycles. The first-order valence-corrected chi connectivity index (χ1v) is 5.88. The second kappa shape index (κ2) is 5.62. The molecule has 0 radical (unpaired) electrons. The van der Waals surface area contributed by atoms with Gasteiger partial charge in [0.1, 0.15) is 5.60 Å². The number of rotatable bonds is 3. The van der Waals surface area contributed by atoms with E-state index in [-0.39, 0.29) is 6.17 Å². The van der Waals surface area contributed by atoms with E-state index in [2.05, 4.69) is 10.6 Å². The Morgan fingerprint density at radius 3 is 2.50 bits per heavy atom. The summed E-state index contributed by atoms with van der Waals surface area (Å²) in [4.78, 5) is 11.5. The fourth-order valence-corrected chi connectivity index (χ4v) is 1.38. The highest BCUT2D eigenvalue weighted by atomic mass is 16.6. The molecule has 100 valence electrons. The van der Waals surface area contributed by atoms with Crippen LogP contribution in [0.4, 0.5) is 16.2 Å². The number of anilines is 2. The van der Waals surface area contributed by atoms with E-state index in [1.54, 1.807) is 6.07 Å². The highest BCUT2D eigenvalue weighted by Gasteiger charge is 2.17. The molecule has 0 bridgehead atoms. The van der Waals surface area contributed by atoms with Crippen molar-refractivity contribution >= 4 is 17.5 Å². The largest absolute Gasteiger partial charge is 0.444 e. The van der Waals surface area contributed by atoms with Gasteiger partial charge in [0.15, 0.2) is 0 Å². The number of nitrogens with two attached hydrogens (primary N) is 1. The van der Waals surface area contributed by atoms with Gasteiger partial charge in [-0.2, -0.15) is 0 Å². The number of alkyl carbamates (subject to hydrolysis) is 1. The number of nitrogens with one attached hydrogen (secondary N) is 2. The van der Waals surface area contributed by atoms with Gasteiger partial charge in [-0.3, -0.25) is 0 Å². The number of hydrogen-bond donors (Lipinski definition) is 3. The molecule has 1 rings (SSSR count). The normalized spacial score (nSPS) is 12.7. The maximum atomic E-state index is 11.5. The van der Waals surface area contributed by atoms with E-state index < -0.39 is 11.7 Å². The van der Waals surface area contributed by atoms with Gasteiger partial charge in [0.2, 0.25) is 0 Å². The number of nitrogen functional groups attached to an aromatic ring is 1. The van der Waals surface area contributed by atoms with E-state index in [9.17, 15) is 4.79 Å². The van der Waals surface area contributed by atoms with Gasteiger partial charge in [-0.1, -0.05) is 12.1 Å². The Bertz CT molecular complexity index is 413. The summed E-state index contributed by atoms with van der Waals surface area (Å²) < 4.78 is 5.16. The Morgan fingerprint density at radius 2 is 1.94 bits per heavy atom. The second-order valence-electron chi connectivity index (χ2n) is 5.10. The Hall–Kier alpha value is -1.91. The molecule has 1 amide bonds. The number of ether oxygens (including phenoxy) is 1. The molecule has 0 spiro atoms. The molecule has 0 saturated heterocycles. The summed E-state index contributed by atoms with van der Waals surface area (Å²) >= 11 is 0. The van der Waals surface area contributed by atoms with Crippen molar-refractivity contribution in [3.63, 3.8) is 0 Å². The number of hydrogen-bond acceptors (Lipinski definition) is 4. The highest BCUT2D eigenvalue weighted by molar-refractivity contribution is 5.70. The lowest BCUT2D eigenvalue weighted by Gasteiger charge is -2.23. The summed E-state index contributed by atoms with van der Waals surface area (Å²) in [5, 5.41) is 5.77. The van der Waals surface area contributed by atoms with E-state index in [0.717, 1.165) is 5.69 Å². The van der Waals surface area contributed by atoms with Crippen LogP contribution in [-0.4, -0.2) is 17.9 Å². The first-order valence-electron chi connectivity index (χ1n) is 5.88. The van der Waals surface area contributed by atoms with Gasteiger partial charge < -0.3 is 21.1 Å². The summed E-state index contributed by atoms with van der Waals surface area (Å²) in [5.74, 6) is 0. The third-order valence-electron chi connectivity index (χ3n) is 2.07. The van der Waals surface area contributed by atoms with Crippen molar-refractivity contribution in [1.82, 2.24) is 5.32 Å². The van der Waals surface area contributed by atoms with E-state index in [4.69, 9.17) is 10.5 Å². The zero-order valence-electron chi connectivity index (χ0n) is 11.3. The lowest BCUT2D eigenvalue weighted by molar-refractivity contribution is 0.0514. The molecule has 1 unspecified atom stereocenters. The van der Waals surface area contributed by atoms with Crippen molar-refractivity contribution in [3.8, 4) is 0 Å². The van der Waals surface area contributed by atoms with Gasteiger partial charge in [-0.15, -0.1) is 0 Å². The van der Waals surface area contributed by atoms with Crippen molar-refractivity contribution in [1.29, 1.82) is 0 Å². The molecule has 5 heteroatoms. The highest BCUT2D eigenvalue weighted by Crippen LogP contribution is 2.17. The molecular weight excluding hydrogens is 230 g/mol. The number of carbonyl (C=O) groups excluding carboxylic acids is 1. The zero-order valence-corrected chi connectivity index (χ0v) is 11.3. The fourth-order valence-electron chi connectivity index (χ4n) is 1.38. The Labute approximate surface area is 108 Å². The molecule has 5 nitrogen and oxygen atoms in total. The molecule has 0 aliphatic rings. The van der Waals surface area contributed by atoms with Crippen LogP contribution in [0.15, 0.2) is 24.3 Å². The Kier molecular flexibility index (Phi) is 4.42. The maximum Gasteiger partial charge on any atom is 0.409 e. The number of amides is 1. The minimum Gasteiger partial charge on any atom is -0.444 e. The van der Waals surface area contributed by atoms with Crippen LogP contribution >= 0.6 is 0 Å². The lowest BCUT2D eigenvalue weighted by atomic mass is 10.2. The SMILES string of the molecule is CC(NC(=O)OC(C)(C)C)Nc1ccccc1N. The smallest absolute Gasteiger partial charge is 0.409 e. The third-order valence-corrected chi connectivity index (χ3v) is 2.07. The molecular formula is C13H21N3O2. The van der Waals surface area contributed by atoms with Crippen molar-refractivity contribution < 1.29 is 9.53 Å². The van der Waals surface area contributed by atoms with E-state index in [0.29, 0.717) is 5.69 Å². The number of carbonyl (C=O) groups is 1. The van der Waals surface area contributed by atoms with Crippen LogP contribution in [-0.2, 0) is 4.74 Å². The van der Waals surface area contributed by atoms with Crippen LogP contribution in [0.3, 0.4) is 0 Å². The number of benzene rings is 1. The summed E-state index contributed by atoms with van der Waals surface area (Å²) in [6, 6.07) is 7.37. The van der Waals surface area contributed by atoms with Crippen LogP contribution < -0.4 is 16.4 Å². The van der Waals surface area contributed by atoms with Crippen LogP contribution in [0.1, 0.15) is 27.7 Å². The van der Waals surface area contributed by atoms with Crippen LogP contribution in [0.2, 0.25) is 0 Å². The minimum absolute atomic E-state index is 0.274. The average Bonchev–Trinajstić information content (AvgIpc) is 2.18. The van der Waals surface area contributed by atoms with Crippen molar-refractivity contribution in [2.45, 2.75) is 39.5 Å². The first-order chi connectivity index (χ1) is 8.28. The van der Waals surface area contributed by atoms with Crippen LogP contribution in [0.5, 0.6) is 0 Å². The Morgan fingerprint density at radius 1 is 1.33 bits per heavy atom. The fraction of sp³-hybridized carbons (Fsp3) is 0.462. The zero-order chi connectivity index (χ0) is 13.8. The van der Waals surface area contributed by atoms with Gasteiger partial charge >= 0.3 is 6.09 Å². The van der Waals surface area contributed by atoms with Gasteiger partial charge in [0.05, 0.1) is 17.5 Å². The molecule has 0 aromatic heterocycles. The summed E-state index contributed by atoms with van der Waals surface area (Å²) in [7, 11) is 0. The van der Waals surface area contributed by atoms with E-state index in [1.165, 1.54) is 0 Å². The van der Waals surface area contributed by atoms with Crippen molar-refractivity contribution in [2.75, 3.05) is 11.1 Å². The summed E-state index contributed by atoms with van der Waals surface area (Å²) in [6.45, 7) is 7.27. The van der Waals surface area contributed by atoms with E-state index in [1.807, 2.05) is 45.9 Å². The predicted octanol–water partition coefficient (Wildman–Crippen LogP) is 2.55. The van der Waals surface area contributed by atoms with Gasteiger partial charge in [0, 0.05) is 0 Å². The lowest BCUT2D eigenvalue weighted by Crippen LogP contribution is -2.41. The van der Waals surface area contributed by atoms with Gasteiger partial charge in [-0.05, 0) is 39.8 Å². The molecule has 1 aromatic carbocycles. The standard InChI is InChI=1S/C13H21N3O2/c1-9(16-12(17)18-13(2,3)4)15-11-8-6-5-7-10(11)14/h5-9,15H,14H2,1-4H3,(H,16,17). The Balaban J connectivity index is 2.50. The molecule has 0 fully saturated rings. The van der Waals surface area contributed by atoms with E-state index >= 15 is 0 Å². The molecule has 0 aliphatic carbocycles. The van der Waals surface area contributed by atoms with Crippen LogP contribution in [0.25, 0.3) is 0 Å². The number of para-hydroxylation sites is 2. The molecule has 1 aromatic rings. The predicted molar refractivity (Wildman–Crippen MR) is 73.3 cm³/mol. The first kappa shape index (κ1) is 14.2. The second-order valence-corrected chi connectivity index (χ2v) is 5.10. The quantitative estimate of drug-likeness (QED) is 0.570. The van der Waals surface area contributed by atoms with Crippen molar-refractivity contribution in [2.24, 2.45) is 0 Å². The average molecular weight is 251 g/mol. The molecule has 1 atom stereocenters. The van der Waals surface area contributed by atoms with Gasteiger partial charge in [-0.25, -0.2) is 4.79 Å². The molecule has 18 heavy (non-hydrogen) atoms. The maximum absolute atomic E-state index is 11.5.